The van der Waals surface area contributed by atoms with Gasteiger partial charge >= 0.3 is 11.9 Å². The van der Waals surface area contributed by atoms with Gasteiger partial charge in [0.15, 0.2) is 5.75 Å². The van der Waals surface area contributed by atoms with Gasteiger partial charge in [0, 0.05) is 23.1 Å². The Labute approximate surface area is 202 Å². The third-order valence-electron chi connectivity index (χ3n) is 4.21. The number of hydrogen-bond donors (Lipinski definition) is 2. The number of sulfonamides is 2. The highest BCUT2D eigenvalue weighted by Gasteiger charge is 2.17. The zero-order valence-corrected chi connectivity index (χ0v) is 20.1. The molecule has 0 fully saturated rings. The van der Waals surface area contributed by atoms with E-state index in [1.165, 1.54) is 43.3 Å². The average molecular weight is 519 g/mol. The maximum atomic E-state index is 11.4. The number of para-hydroxylation sites is 1. The number of hydrogen-bond acceptors (Lipinski definition) is 8. The van der Waals surface area contributed by atoms with Gasteiger partial charge in [-0.2, -0.15) is 0 Å². The van der Waals surface area contributed by atoms with E-state index < -0.39 is 32.0 Å². The molecule has 12 heteroatoms. The third kappa shape index (κ3) is 7.58. The van der Waals surface area contributed by atoms with Crippen LogP contribution in [-0.4, -0.2) is 28.8 Å². The smallest absolute Gasteiger partial charge is 0.338 e. The molecule has 0 amide bonds. The monoisotopic (exact) mass is 518 g/mol. The van der Waals surface area contributed by atoms with E-state index in [4.69, 9.17) is 19.8 Å². The van der Waals surface area contributed by atoms with Crippen LogP contribution in [0.2, 0.25) is 0 Å². The highest BCUT2D eigenvalue weighted by molar-refractivity contribution is 7.89. The number of carbonyl (C=O) groups excluding carboxylic acids is 2. The van der Waals surface area contributed by atoms with E-state index in [0.29, 0.717) is 10.8 Å². The molecule has 0 spiro atoms. The van der Waals surface area contributed by atoms with Gasteiger partial charge in [-0.25, -0.2) is 36.7 Å². The van der Waals surface area contributed by atoms with Crippen molar-refractivity contribution in [3.63, 3.8) is 0 Å². The topological polar surface area (TPSA) is 173 Å². The first-order chi connectivity index (χ1) is 16.2. The second-order valence-corrected chi connectivity index (χ2v) is 10.1. The number of ether oxygens (including phenoxy) is 2. The van der Waals surface area contributed by atoms with Crippen molar-refractivity contribution in [3.05, 3.63) is 85.5 Å². The summed E-state index contributed by atoms with van der Waals surface area (Å²) in [5.41, 5.74) is 0.171. The molecule has 0 unspecified atom stereocenters. The fraction of sp³-hybridized carbons (Fsp3) is 0.0435. The number of carbonyl (C=O) groups is 2. The van der Waals surface area contributed by atoms with Crippen LogP contribution in [0.25, 0.3) is 10.8 Å². The maximum absolute atomic E-state index is 11.4. The Balaban J connectivity index is 0.000000251. The van der Waals surface area contributed by atoms with Crippen LogP contribution in [0.1, 0.15) is 6.92 Å². The molecule has 0 aromatic heterocycles. The molecule has 0 aliphatic rings. The zero-order chi connectivity index (χ0) is 26.4. The first-order valence-electron chi connectivity index (χ1n) is 9.63. The molecule has 10 nitrogen and oxygen atoms in total. The van der Waals surface area contributed by atoms with E-state index >= 15 is 0 Å². The Bertz CT molecular complexity index is 1530. The van der Waals surface area contributed by atoms with Crippen LogP contribution in [0.5, 0.6) is 11.5 Å². The molecule has 0 bridgehead atoms. The van der Waals surface area contributed by atoms with Crippen molar-refractivity contribution in [2.45, 2.75) is 16.7 Å². The predicted octanol–water partition coefficient (Wildman–Crippen LogP) is 2.39. The summed E-state index contributed by atoms with van der Waals surface area (Å²) >= 11 is 0. The van der Waals surface area contributed by atoms with Crippen LogP contribution < -0.4 is 19.8 Å². The predicted molar refractivity (Wildman–Crippen MR) is 129 cm³/mol. The second-order valence-electron chi connectivity index (χ2n) is 6.97. The molecular formula is C23H22N2O8S2. The third-order valence-corrected chi connectivity index (χ3v) is 6.05. The van der Waals surface area contributed by atoms with Gasteiger partial charge in [-0.1, -0.05) is 49.6 Å². The zero-order valence-electron chi connectivity index (χ0n) is 18.5. The van der Waals surface area contributed by atoms with Crippen molar-refractivity contribution < 1.29 is 35.9 Å². The average Bonchev–Trinajstić information content (AvgIpc) is 2.78. The summed E-state index contributed by atoms with van der Waals surface area (Å²) < 4.78 is 55.0. The van der Waals surface area contributed by atoms with E-state index in [2.05, 4.69) is 13.2 Å². The normalized spacial score (nSPS) is 11.1. The molecule has 3 aromatic rings. The first kappa shape index (κ1) is 27.4. The molecule has 0 radical (unpaired) electrons. The largest absolute Gasteiger partial charge is 0.423 e. The molecule has 0 aliphatic heterocycles. The number of nitrogens with two attached hydrogens (primary N) is 2. The van der Waals surface area contributed by atoms with Gasteiger partial charge in [-0.05, 0) is 30.5 Å². The lowest BCUT2D eigenvalue weighted by atomic mass is 10.1. The highest BCUT2D eigenvalue weighted by atomic mass is 32.2. The molecule has 0 heterocycles. The van der Waals surface area contributed by atoms with Gasteiger partial charge in [0.1, 0.15) is 10.6 Å². The van der Waals surface area contributed by atoms with Crippen LogP contribution in [0.15, 0.2) is 95.3 Å². The lowest BCUT2D eigenvalue weighted by Gasteiger charge is -2.08. The molecule has 0 saturated heterocycles. The van der Waals surface area contributed by atoms with Crippen LogP contribution in [0.3, 0.4) is 0 Å². The summed E-state index contributed by atoms with van der Waals surface area (Å²) in [4.78, 5) is 22.2. The van der Waals surface area contributed by atoms with Crippen molar-refractivity contribution in [2.75, 3.05) is 0 Å². The van der Waals surface area contributed by atoms with Crippen LogP contribution in [0.4, 0.5) is 0 Å². The summed E-state index contributed by atoms with van der Waals surface area (Å²) in [6.07, 6.45) is 0.998. The Morgan fingerprint density at radius 1 is 0.857 bits per heavy atom. The first-order valence-corrected chi connectivity index (χ1v) is 12.7. The van der Waals surface area contributed by atoms with Crippen molar-refractivity contribution >= 4 is 42.8 Å². The Morgan fingerprint density at radius 2 is 1.46 bits per heavy atom. The molecule has 35 heavy (non-hydrogen) atoms. The van der Waals surface area contributed by atoms with Gasteiger partial charge in [0.2, 0.25) is 20.0 Å². The van der Waals surface area contributed by atoms with Gasteiger partial charge in [-0.3, -0.25) is 0 Å². The lowest BCUT2D eigenvalue weighted by Crippen LogP contribution is -2.16. The van der Waals surface area contributed by atoms with Crippen LogP contribution in [0, 0.1) is 0 Å². The molecule has 0 atom stereocenters. The summed E-state index contributed by atoms with van der Waals surface area (Å²) in [6.45, 7) is 8.14. The van der Waals surface area contributed by atoms with Gasteiger partial charge in [0.05, 0.1) is 4.90 Å². The number of primary sulfonamides is 2. The number of benzene rings is 3. The van der Waals surface area contributed by atoms with E-state index in [1.807, 2.05) is 0 Å². The maximum Gasteiger partial charge on any atom is 0.338 e. The molecule has 184 valence electrons. The Hall–Kier alpha value is -3.84. The standard InChI is InChI=1S/C13H11NO4S.C10H11NO4S/c1-2-13(15)18-12-8-10(19(14,16)17)7-9-5-3-4-6-11(9)12;1-7(2)10(12)15-8-5-3-4-6-9(8)16(11,13)14/h2-8H,1H2,(H2,14,16,17);3-6H,1H2,2H3,(H2,11,13,14). The summed E-state index contributed by atoms with van der Waals surface area (Å²) in [5.74, 6) is -1.34. The second kappa shape index (κ2) is 11.1. The lowest BCUT2D eigenvalue weighted by molar-refractivity contribution is -0.130. The number of esters is 2. The Kier molecular flexibility index (Phi) is 8.66. The van der Waals surface area contributed by atoms with Crippen LogP contribution >= 0.6 is 0 Å². The molecular weight excluding hydrogens is 496 g/mol. The summed E-state index contributed by atoms with van der Waals surface area (Å²) in [7, 11) is -7.79. The molecule has 3 aromatic carbocycles. The minimum absolute atomic E-state index is 0.0991. The van der Waals surface area contributed by atoms with Gasteiger partial charge in [-0.15, -0.1) is 0 Å². The number of fused-ring (bicyclic) bond motifs is 1. The van der Waals surface area contributed by atoms with Crippen molar-refractivity contribution in [2.24, 2.45) is 10.3 Å². The molecule has 4 N–H and O–H groups in total. The van der Waals surface area contributed by atoms with Gasteiger partial charge < -0.3 is 9.47 Å². The Morgan fingerprint density at radius 3 is 2.03 bits per heavy atom. The minimum atomic E-state index is -3.91. The van der Waals surface area contributed by atoms with Crippen LogP contribution in [-0.2, 0) is 29.6 Å². The molecule has 3 rings (SSSR count). The van der Waals surface area contributed by atoms with E-state index in [1.54, 1.807) is 24.3 Å². The fourth-order valence-electron chi connectivity index (χ4n) is 2.60. The fourth-order valence-corrected chi connectivity index (χ4v) is 3.83. The highest BCUT2D eigenvalue weighted by Crippen LogP contribution is 2.29. The SMILES string of the molecule is C=C(C)C(=O)Oc1ccccc1S(N)(=O)=O.C=CC(=O)Oc1cc(S(N)(=O)=O)cc2ccccc12. The number of rotatable bonds is 6. The minimum Gasteiger partial charge on any atom is -0.423 e. The van der Waals surface area contributed by atoms with Crippen molar-refractivity contribution in [1.29, 1.82) is 0 Å². The quantitative estimate of drug-likeness (QED) is 0.284. The summed E-state index contributed by atoms with van der Waals surface area (Å²) in [6, 6.07) is 15.2. The van der Waals surface area contributed by atoms with E-state index in [-0.39, 0.29) is 26.9 Å². The van der Waals surface area contributed by atoms with E-state index in [9.17, 15) is 26.4 Å². The van der Waals surface area contributed by atoms with Gasteiger partial charge in [0.25, 0.3) is 0 Å². The van der Waals surface area contributed by atoms with E-state index in [0.717, 1.165) is 6.08 Å². The molecule has 0 saturated carbocycles. The molecule has 0 aliphatic carbocycles. The summed E-state index contributed by atoms with van der Waals surface area (Å²) in [5, 5.41) is 11.3. The van der Waals surface area contributed by atoms with Crippen molar-refractivity contribution in [1.82, 2.24) is 0 Å². The van der Waals surface area contributed by atoms with Crippen molar-refractivity contribution in [3.8, 4) is 11.5 Å².